The molecule has 170 valence electrons. The number of carboxylic acid groups (broad SMARTS) is 1. The molecule has 2 aromatic rings. The quantitative estimate of drug-likeness (QED) is 0.208. The number of aliphatic hydroxyl groups is 1. The molecule has 1 aromatic carbocycles. The molecule has 0 radical (unpaired) electrons. The number of rotatable bonds is 7. The van der Waals surface area contributed by atoms with Crippen LogP contribution in [0, 0.1) is 11.8 Å². The number of amides is 1. The zero-order valence-corrected chi connectivity index (χ0v) is 22.5. The van der Waals surface area contributed by atoms with Crippen LogP contribution in [-0.2, 0) is 9.59 Å². The van der Waals surface area contributed by atoms with Crippen molar-refractivity contribution < 1.29 is 49.4 Å². The summed E-state index contributed by atoms with van der Waals surface area (Å²) in [4.78, 5) is 34.4. The number of nitrogens with zero attached hydrogens (tertiary/aromatic N) is 3. The van der Waals surface area contributed by atoms with Gasteiger partial charge in [-0.3, -0.25) is 4.79 Å². The molecule has 5 rings (SSSR count). The van der Waals surface area contributed by atoms with Crippen LogP contribution in [0.1, 0.15) is 26.7 Å². The first-order valence-corrected chi connectivity index (χ1v) is 12.6. The smallest absolute Gasteiger partial charge is 0.543 e. The standard InChI is InChI=1S/C22H26N4O4S2.Na/c1-11-17-16(12(2)27)20(28)26(17)18(21(29)30)19(11)32-25-9-5-6-13(25)10-31-22-23-14-7-3-4-8-15(14)24-22;/h3-4,7-8,11-13,16-17,27H,5-6,9-10H2,1-2H3,(H,23,24)(H,29,30);/q;+1/p-1/t11?,12-,13?,16?,17?;/m0./s1. The second kappa shape index (κ2) is 9.93. The number of para-hydroxylation sites is 2. The van der Waals surface area contributed by atoms with Gasteiger partial charge in [-0.1, -0.05) is 30.8 Å². The molecule has 33 heavy (non-hydrogen) atoms. The Morgan fingerprint density at radius 2 is 2.15 bits per heavy atom. The molecule has 1 amide bonds. The van der Waals surface area contributed by atoms with Crippen LogP contribution in [-0.4, -0.2) is 66.6 Å². The van der Waals surface area contributed by atoms with Crippen LogP contribution in [0.25, 0.3) is 11.0 Å². The van der Waals surface area contributed by atoms with Gasteiger partial charge in [0.2, 0.25) is 5.91 Å². The number of hydrogen-bond donors (Lipinski definition) is 2. The third kappa shape index (κ3) is 4.39. The molecular formula is C22H25N4NaO4S2. The monoisotopic (exact) mass is 496 g/mol. The number of β-lactam (4-membered cyclic amide) rings is 1. The first-order valence-electron chi connectivity index (χ1n) is 10.9. The van der Waals surface area contributed by atoms with E-state index >= 15 is 0 Å². The SMILES string of the molecule is CC1C(SN2CCCC2CSc2nc3ccccc3[nH]2)=C(C(=O)[O-])N2C(=O)C([C@H](C)O)C12.[Na+]. The van der Waals surface area contributed by atoms with E-state index in [0.717, 1.165) is 41.3 Å². The molecule has 1 aromatic heterocycles. The van der Waals surface area contributed by atoms with Crippen molar-refractivity contribution in [3.05, 3.63) is 34.9 Å². The molecule has 3 aliphatic heterocycles. The number of fused-ring (bicyclic) bond motifs is 2. The number of H-pyrrole nitrogens is 1. The molecule has 3 aliphatic rings. The Labute approximate surface area is 223 Å². The number of carbonyl (C=O) groups excluding carboxylic acids is 2. The summed E-state index contributed by atoms with van der Waals surface area (Å²) in [7, 11) is 0. The first-order chi connectivity index (χ1) is 15.4. The molecule has 2 saturated heterocycles. The molecule has 4 heterocycles. The summed E-state index contributed by atoms with van der Waals surface area (Å²) in [6.07, 6.45) is 1.24. The number of benzene rings is 1. The molecule has 0 spiro atoms. The normalized spacial score (nSPS) is 28.1. The largest absolute Gasteiger partial charge is 1.00 e. The average molecular weight is 497 g/mol. The van der Waals surface area contributed by atoms with Crippen molar-refractivity contribution in [3.63, 3.8) is 0 Å². The molecule has 2 fully saturated rings. The van der Waals surface area contributed by atoms with Gasteiger partial charge in [0.15, 0.2) is 5.16 Å². The number of nitrogens with one attached hydrogen (secondary N) is 1. The van der Waals surface area contributed by atoms with Crippen molar-refractivity contribution in [3.8, 4) is 0 Å². The van der Waals surface area contributed by atoms with Gasteiger partial charge in [0.1, 0.15) is 0 Å². The van der Waals surface area contributed by atoms with Crippen LogP contribution in [0.5, 0.6) is 0 Å². The summed E-state index contributed by atoms with van der Waals surface area (Å²) in [5.41, 5.74) is 1.93. The number of hydrogen-bond acceptors (Lipinski definition) is 8. The Morgan fingerprint density at radius 1 is 1.39 bits per heavy atom. The molecule has 4 unspecified atom stereocenters. The number of aromatic nitrogens is 2. The average Bonchev–Trinajstić information content (AvgIpc) is 3.42. The third-order valence-corrected chi connectivity index (χ3v) is 9.12. The number of carbonyl (C=O) groups is 2. The Balaban J connectivity index is 0.00000259. The number of aliphatic hydroxyl groups excluding tert-OH is 1. The molecule has 0 saturated carbocycles. The van der Waals surface area contributed by atoms with Crippen LogP contribution in [0.15, 0.2) is 40.0 Å². The Bertz CT molecular complexity index is 1070. The van der Waals surface area contributed by atoms with E-state index in [4.69, 9.17) is 0 Å². The molecule has 0 aliphatic carbocycles. The zero-order chi connectivity index (χ0) is 22.6. The van der Waals surface area contributed by atoms with Crippen LogP contribution in [0.4, 0.5) is 0 Å². The van der Waals surface area contributed by atoms with Crippen molar-refractivity contribution >= 4 is 46.6 Å². The van der Waals surface area contributed by atoms with Crippen molar-refractivity contribution in [2.75, 3.05) is 12.3 Å². The Hall–Kier alpha value is -1.01. The van der Waals surface area contributed by atoms with Crippen molar-refractivity contribution in [1.82, 2.24) is 19.2 Å². The van der Waals surface area contributed by atoms with Gasteiger partial charge in [0.05, 0.1) is 40.8 Å². The van der Waals surface area contributed by atoms with E-state index in [1.807, 2.05) is 31.2 Å². The second-order valence-corrected chi connectivity index (χ2v) is 10.8. The predicted molar refractivity (Wildman–Crippen MR) is 121 cm³/mol. The summed E-state index contributed by atoms with van der Waals surface area (Å²) in [6, 6.07) is 7.88. The maximum atomic E-state index is 12.5. The predicted octanol–water partition coefficient (Wildman–Crippen LogP) is -1.41. The second-order valence-electron chi connectivity index (χ2n) is 8.65. The molecule has 5 atom stereocenters. The molecule has 0 bridgehead atoms. The Morgan fingerprint density at radius 3 is 2.85 bits per heavy atom. The molecular weight excluding hydrogens is 471 g/mol. The van der Waals surface area contributed by atoms with E-state index in [1.165, 1.54) is 16.8 Å². The van der Waals surface area contributed by atoms with E-state index in [-0.39, 0.29) is 59.2 Å². The van der Waals surface area contributed by atoms with Gasteiger partial charge in [-0.2, -0.15) is 0 Å². The van der Waals surface area contributed by atoms with Gasteiger partial charge in [0.25, 0.3) is 0 Å². The van der Waals surface area contributed by atoms with E-state index in [9.17, 15) is 19.8 Å². The van der Waals surface area contributed by atoms with Gasteiger partial charge in [-0.25, -0.2) is 9.29 Å². The Kier molecular flexibility index (Phi) is 7.55. The number of aliphatic carboxylic acids is 1. The van der Waals surface area contributed by atoms with E-state index < -0.39 is 18.0 Å². The van der Waals surface area contributed by atoms with Crippen molar-refractivity contribution in [2.45, 2.75) is 50.0 Å². The maximum Gasteiger partial charge on any atom is 1.00 e. The summed E-state index contributed by atoms with van der Waals surface area (Å²) in [5, 5.41) is 22.8. The minimum Gasteiger partial charge on any atom is -0.543 e. The summed E-state index contributed by atoms with van der Waals surface area (Å²) < 4.78 is 2.23. The fourth-order valence-electron chi connectivity index (χ4n) is 5.03. The van der Waals surface area contributed by atoms with E-state index in [1.54, 1.807) is 18.7 Å². The van der Waals surface area contributed by atoms with Crippen LogP contribution in [0.2, 0.25) is 0 Å². The fraction of sp³-hybridized carbons (Fsp3) is 0.500. The minimum atomic E-state index is -1.33. The first kappa shape index (κ1) is 25.1. The number of aromatic amines is 1. The third-order valence-electron chi connectivity index (χ3n) is 6.62. The van der Waals surface area contributed by atoms with Crippen molar-refractivity contribution in [2.24, 2.45) is 11.8 Å². The summed E-state index contributed by atoms with van der Waals surface area (Å²) in [5.74, 6) is -1.54. The van der Waals surface area contributed by atoms with Crippen LogP contribution in [0.3, 0.4) is 0 Å². The molecule has 8 nitrogen and oxygen atoms in total. The van der Waals surface area contributed by atoms with Gasteiger partial charge in [-0.05, 0) is 43.8 Å². The maximum absolute atomic E-state index is 12.5. The topological polar surface area (TPSA) is 113 Å². The number of carboxylic acids is 1. The van der Waals surface area contributed by atoms with Crippen LogP contribution < -0.4 is 34.7 Å². The minimum absolute atomic E-state index is 0. The summed E-state index contributed by atoms with van der Waals surface area (Å²) >= 11 is 3.11. The fourth-order valence-corrected chi connectivity index (χ4v) is 7.54. The molecule has 2 N–H and O–H groups in total. The summed E-state index contributed by atoms with van der Waals surface area (Å²) in [6.45, 7) is 4.37. The van der Waals surface area contributed by atoms with E-state index in [0.29, 0.717) is 4.91 Å². The molecule has 11 heteroatoms. The zero-order valence-electron chi connectivity index (χ0n) is 18.9. The van der Waals surface area contributed by atoms with Crippen molar-refractivity contribution in [1.29, 1.82) is 0 Å². The van der Waals surface area contributed by atoms with Gasteiger partial charge >= 0.3 is 29.6 Å². The van der Waals surface area contributed by atoms with Gasteiger partial charge in [-0.15, -0.1) is 0 Å². The van der Waals surface area contributed by atoms with Gasteiger partial charge < -0.3 is 24.9 Å². The van der Waals surface area contributed by atoms with Crippen LogP contribution >= 0.6 is 23.7 Å². The van der Waals surface area contributed by atoms with E-state index in [2.05, 4.69) is 14.3 Å². The number of imidazole rings is 1. The van der Waals surface area contributed by atoms with Gasteiger partial charge in [0, 0.05) is 29.2 Å². The number of thioether (sulfide) groups is 1.